The Morgan fingerprint density at radius 2 is 1.57 bits per heavy atom. The van der Waals surface area contributed by atoms with Crippen LogP contribution in [0.4, 0.5) is 9.59 Å². The number of carboxylic acid groups (broad SMARTS) is 1. The summed E-state index contributed by atoms with van der Waals surface area (Å²) in [5, 5.41) is 14.9. The quantitative estimate of drug-likeness (QED) is 0.323. The molecule has 0 saturated carbocycles. The molecule has 0 aliphatic heterocycles. The molecule has 0 spiro atoms. The molecule has 0 aliphatic rings. The van der Waals surface area contributed by atoms with Gasteiger partial charge < -0.3 is 9.84 Å². The van der Waals surface area contributed by atoms with Gasteiger partial charge in [0.2, 0.25) is 0 Å². The molecule has 1 N–H and O–H groups in total. The van der Waals surface area contributed by atoms with Crippen LogP contribution in [0.15, 0.2) is 0 Å². The van der Waals surface area contributed by atoms with Crippen LogP contribution in [-0.4, -0.2) is 23.0 Å². The summed E-state index contributed by atoms with van der Waals surface area (Å²) >= 11 is 0. The van der Waals surface area contributed by atoms with Crippen molar-refractivity contribution in [1.82, 2.24) is 0 Å². The largest absolute Gasteiger partial charge is 0.543 e. The third kappa shape index (κ3) is 8.56. The van der Waals surface area contributed by atoms with Gasteiger partial charge in [-0.25, -0.2) is 19.4 Å². The van der Waals surface area contributed by atoms with E-state index in [0.29, 0.717) is 0 Å². The van der Waals surface area contributed by atoms with Gasteiger partial charge in [-0.1, -0.05) is 0 Å². The Kier molecular flexibility index (Phi) is 4.67. The predicted octanol–water partition coefficient (Wildman–Crippen LogP) is 1.41. The Bertz CT molecular complexity index is 204. The SMILES string of the molecule is CC(C)(C)OC(=O)OOOOC(=O)O. The van der Waals surface area contributed by atoms with E-state index in [2.05, 4.69) is 24.6 Å². The van der Waals surface area contributed by atoms with E-state index in [1.54, 1.807) is 20.8 Å². The molecule has 8 heteroatoms. The minimum Gasteiger partial charge on any atom is -0.448 e. The van der Waals surface area contributed by atoms with Crippen molar-refractivity contribution in [2.75, 3.05) is 0 Å². The van der Waals surface area contributed by atoms with Crippen LogP contribution in [0.3, 0.4) is 0 Å². The van der Waals surface area contributed by atoms with E-state index in [9.17, 15) is 9.59 Å². The van der Waals surface area contributed by atoms with Crippen LogP contribution in [0.5, 0.6) is 0 Å². The van der Waals surface area contributed by atoms with E-state index in [0.717, 1.165) is 0 Å². The molecule has 0 heterocycles. The number of rotatable bonds is 3. The molecule has 0 atom stereocenters. The van der Waals surface area contributed by atoms with Gasteiger partial charge in [0.15, 0.2) is 0 Å². The molecule has 0 fully saturated rings. The second-order valence-electron chi connectivity index (χ2n) is 3.03. The smallest absolute Gasteiger partial charge is 0.448 e. The van der Waals surface area contributed by atoms with Gasteiger partial charge >= 0.3 is 12.3 Å². The fourth-order valence-electron chi connectivity index (χ4n) is 0.352. The zero-order valence-electron chi connectivity index (χ0n) is 7.80. The van der Waals surface area contributed by atoms with Crippen LogP contribution < -0.4 is 0 Å². The maximum absolute atomic E-state index is 10.7. The zero-order chi connectivity index (χ0) is 11.2. The Labute approximate surface area is 79.0 Å². The van der Waals surface area contributed by atoms with E-state index in [-0.39, 0.29) is 0 Å². The number of carbonyl (C=O) groups is 2. The van der Waals surface area contributed by atoms with Crippen LogP contribution in [0.2, 0.25) is 0 Å². The van der Waals surface area contributed by atoms with Gasteiger partial charge in [-0.15, -0.1) is 0 Å². The molecule has 0 amide bonds. The van der Waals surface area contributed by atoms with Crippen LogP contribution in [0.25, 0.3) is 0 Å². The molecule has 0 aromatic heterocycles. The number of hydrogen-bond donors (Lipinski definition) is 1. The van der Waals surface area contributed by atoms with Gasteiger partial charge in [-0.3, -0.25) is 0 Å². The fourth-order valence-corrected chi connectivity index (χ4v) is 0.352. The highest BCUT2D eigenvalue weighted by Crippen LogP contribution is 2.08. The number of carbonyl (C=O) groups excluding carboxylic acids is 1. The molecule has 0 aromatic rings. The van der Waals surface area contributed by atoms with Gasteiger partial charge in [-0.2, -0.15) is 0 Å². The van der Waals surface area contributed by atoms with Crippen LogP contribution in [0.1, 0.15) is 20.8 Å². The Morgan fingerprint density at radius 1 is 1.07 bits per heavy atom. The lowest BCUT2D eigenvalue weighted by Gasteiger charge is -2.17. The molecular formula is C6H10O8. The fraction of sp³-hybridized carbons (Fsp3) is 0.667. The maximum atomic E-state index is 10.7. The van der Waals surface area contributed by atoms with E-state index in [1.807, 2.05) is 0 Å². The third-order valence-corrected chi connectivity index (χ3v) is 0.625. The monoisotopic (exact) mass is 210 g/mol. The topological polar surface area (TPSA) is 101 Å². The van der Waals surface area contributed by atoms with E-state index in [4.69, 9.17) is 5.11 Å². The molecule has 0 rings (SSSR count). The van der Waals surface area contributed by atoms with Crippen molar-refractivity contribution in [3.8, 4) is 0 Å². The first-order valence-electron chi connectivity index (χ1n) is 3.45. The first kappa shape index (κ1) is 12.5. The molecule has 8 nitrogen and oxygen atoms in total. The molecule has 0 bridgehead atoms. The highest BCUT2D eigenvalue weighted by atomic mass is 17.7. The lowest BCUT2D eigenvalue weighted by Crippen LogP contribution is -2.24. The second-order valence-corrected chi connectivity index (χ2v) is 3.03. The zero-order valence-corrected chi connectivity index (χ0v) is 7.80. The third-order valence-electron chi connectivity index (χ3n) is 0.625. The highest BCUT2D eigenvalue weighted by molar-refractivity contribution is 5.59. The predicted molar refractivity (Wildman–Crippen MR) is 38.6 cm³/mol. The van der Waals surface area contributed by atoms with E-state index in [1.165, 1.54) is 0 Å². The standard InChI is InChI=1S/C6H10O8/c1-6(2,3)10-5(9)12-14-13-11-4(7)8/h1-3H3,(H,7,8). The van der Waals surface area contributed by atoms with Crippen LogP contribution >= 0.6 is 0 Å². The Balaban J connectivity index is 3.50. The summed E-state index contributed by atoms with van der Waals surface area (Å²) in [6.07, 6.45) is -2.94. The summed E-state index contributed by atoms with van der Waals surface area (Å²) in [7, 11) is 0. The summed E-state index contributed by atoms with van der Waals surface area (Å²) in [5.41, 5.74) is -0.756. The van der Waals surface area contributed by atoms with Gasteiger partial charge in [0.25, 0.3) is 0 Å². The summed E-state index contributed by atoms with van der Waals surface area (Å²) in [5.74, 6) is 0. The minimum absolute atomic E-state index is 0.756. The lowest BCUT2D eigenvalue weighted by molar-refractivity contribution is -0.601. The van der Waals surface area contributed by atoms with Crippen molar-refractivity contribution in [2.45, 2.75) is 26.4 Å². The molecule has 82 valence electrons. The highest BCUT2D eigenvalue weighted by Gasteiger charge is 2.18. The average molecular weight is 210 g/mol. The normalized spacial score (nSPS) is 10.5. The lowest BCUT2D eigenvalue weighted by atomic mass is 10.2. The van der Waals surface area contributed by atoms with E-state index >= 15 is 0 Å². The first-order chi connectivity index (χ1) is 6.31. The summed E-state index contributed by atoms with van der Waals surface area (Å²) in [6.45, 7) is 4.80. The molecule has 0 radical (unpaired) electrons. The summed E-state index contributed by atoms with van der Waals surface area (Å²) in [6, 6.07) is 0. The molecule has 0 aliphatic carbocycles. The van der Waals surface area contributed by atoms with Gasteiger partial charge in [0.05, 0.1) is 0 Å². The van der Waals surface area contributed by atoms with Crippen molar-refractivity contribution in [1.29, 1.82) is 0 Å². The molecule has 0 aromatic carbocycles. The minimum atomic E-state index is -1.75. The van der Waals surface area contributed by atoms with Crippen molar-refractivity contribution >= 4 is 12.3 Å². The molecule has 0 saturated heterocycles. The van der Waals surface area contributed by atoms with Crippen LogP contribution in [0, 0.1) is 0 Å². The summed E-state index contributed by atoms with van der Waals surface area (Å²) < 4.78 is 4.58. The van der Waals surface area contributed by atoms with Crippen molar-refractivity contribution < 1.29 is 39.3 Å². The van der Waals surface area contributed by atoms with Gasteiger partial charge in [-0.05, 0) is 20.8 Å². The molecule has 0 unspecified atom stereocenters. The van der Waals surface area contributed by atoms with Crippen molar-refractivity contribution in [2.24, 2.45) is 0 Å². The van der Waals surface area contributed by atoms with Crippen molar-refractivity contribution in [3.63, 3.8) is 0 Å². The maximum Gasteiger partial charge on any atom is 0.543 e. The van der Waals surface area contributed by atoms with Crippen molar-refractivity contribution in [3.05, 3.63) is 0 Å². The first-order valence-corrected chi connectivity index (χ1v) is 3.45. The Morgan fingerprint density at radius 3 is 2.00 bits per heavy atom. The van der Waals surface area contributed by atoms with E-state index < -0.39 is 17.9 Å². The Hall–Kier alpha value is -1.54. The summed E-state index contributed by atoms with van der Waals surface area (Å²) in [4.78, 5) is 27.5. The van der Waals surface area contributed by atoms with Gasteiger partial charge in [0.1, 0.15) is 5.60 Å². The number of hydrogen-bond acceptors (Lipinski definition) is 7. The molecule has 14 heavy (non-hydrogen) atoms. The van der Waals surface area contributed by atoms with Gasteiger partial charge in [0, 0.05) is 10.1 Å². The molecular weight excluding hydrogens is 200 g/mol. The van der Waals surface area contributed by atoms with Crippen LogP contribution in [-0.2, 0) is 24.6 Å². The second kappa shape index (κ2) is 5.25. The average Bonchev–Trinajstić information content (AvgIpc) is 1.94. The number of ether oxygens (including phenoxy) is 1.